The molecular formula is C24H25ClN2O4. The van der Waals surface area contributed by atoms with Gasteiger partial charge in [-0.1, -0.05) is 29.8 Å². The van der Waals surface area contributed by atoms with Crippen molar-refractivity contribution in [3.63, 3.8) is 0 Å². The molecule has 1 saturated carbocycles. The Morgan fingerprint density at radius 3 is 2.77 bits per heavy atom. The summed E-state index contributed by atoms with van der Waals surface area (Å²) >= 11 is 6.03. The van der Waals surface area contributed by atoms with E-state index in [1.54, 1.807) is 25.1 Å². The van der Waals surface area contributed by atoms with Gasteiger partial charge in [0.15, 0.2) is 0 Å². The summed E-state index contributed by atoms with van der Waals surface area (Å²) in [4.78, 5) is 25.4. The Kier molecular flexibility index (Phi) is 6.03. The van der Waals surface area contributed by atoms with Crippen LogP contribution in [0, 0.1) is 5.92 Å². The van der Waals surface area contributed by atoms with Gasteiger partial charge in [0.05, 0.1) is 12.6 Å². The standard InChI is InChI=1S/C24H25ClN2O4/c1-3-17-13-24(17,23(29)30-4-2)27-22(28)21-11-16-10-20(9-8-15(16)14-26-21)31-19-7-5-6-18(25)12-19/h3,5-10,12,17,21,26H,1,4,11,13-14H2,2H3,(H,27,28)/t17-,21+,24-/m1/s1. The zero-order valence-electron chi connectivity index (χ0n) is 17.3. The van der Waals surface area contributed by atoms with Gasteiger partial charge in [-0.15, -0.1) is 6.58 Å². The molecule has 0 saturated heterocycles. The van der Waals surface area contributed by atoms with Crippen LogP contribution in [-0.2, 0) is 27.3 Å². The zero-order chi connectivity index (χ0) is 22.0. The Morgan fingerprint density at radius 2 is 2.06 bits per heavy atom. The first-order valence-electron chi connectivity index (χ1n) is 10.4. The monoisotopic (exact) mass is 440 g/mol. The number of carbonyl (C=O) groups excluding carboxylic acids is 2. The first-order valence-corrected chi connectivity index (χ1v) is 10.7. The summed E-state index contributed by atoms with van der Waals surface area (Å²) in [5, 5.41) is 6.78. The van der Waals surface area contributed by atoms with E-state index in [9.17, 15) is 9.59 Å². The SMILES string of the molecule is C=C[C@@H]1C[C@]1(NC(=O)[C@@H]1Cc2cc(Oc3cccc(Cl)c3)ccc2CN1)C(=O)OCC. The average Bonchev–Trinajstić information content (AvgIpc) is 3.47. The fourth-order valence-corrected chi connectivity index (χ4v) is 4.15. The van der Waals surface area contributed by atoms with E-state index in [4.69, 9.17) is 21.1 Å². The highest BCUT2D eigenvalue weighted by Gasteiger charge is 2.61. The van der Waals surface area contributed by atoms with Crippen LogP contribution in [0.4, 0.5) is 0 Å². The van der Waals surface area contributed by atoms with E-state index in [2.05, 4.69) is 17.2 Å². The summed E-state index contributed by atoms with van der Waals surface area (Å²) < 4.78 is 11.1. The molecule has 0 aromatic heterocycles. The summed E-state index contributed by atoms with van der Waals surface area (Å²) in [6, 6.07) is 12.6. The van der Waals surface area contributed by atoms with Gasteiger partial charge in [0.2, 0.25) is 5.91 Å². The molecule has 0 unspecified atom stereocenters. The van der Waals surface area contributed by atoms with Gasteiger partial charge in [0.25, 0.3) is 0 Å². The van der Waals surface area contributed by atoms with Crippen molar-refractivity contribution in [2.75, 3.05) is 6.61 Å². The van der Waals surface area contributed by atoms with Crippen molar-refractivity contribution in [1.82, 2.24) is 10.6 Å². The van der Waals surface area contributed by atoms with Crippen LogP contribution >= 0.6 is 11.6 Å². The number of carbonyl (C=O) groups is 2. The van der Waals surface area contributed by atoms with Crippen molar-refractivity contribution in [2.24, 2.45) is 5.92 Å². The topological polar surface area (TPSA) is 76.7 Å². The molecule has 1 aliphatic carbocycles. The van der Waals surface area contributed by atoms with Gasteiger partial charge in [-0.3, -0.25) is 4.79 Å². The molecule has 4 rings (SSSR count). The maximum atomic E-state index is 13.0. The third-order valence-corrected chi connectivity index (χ3v) is 6.01. The van der Waals surface area contributed by atoms with Crippen molar-refractivity contribution in [3.05, 3.63) is 71.3 Å². The lowest BCUT2D eigenvalue weighted by Gasteiger charge is -2.27. The third kappa shape index (κ3) is 4.45. The number of hydrogen-bond donors (Lipinski definition) is 2. The predicted molar refractivity (Wildman–Crippen MR) is 118 cm³/mol. The average molecular weight is 441 g/mol. The van der Waals surface area contributed by atoms with E-state index in [-0.39, 0.29) is 18.4 Å². The number of halogens is 1. The molecule has 31 heavy (non-hydrogen) atoms. The normalized spacial score (nSPS) is 23.9. The molecule has 1 fully saturated rings. The number of nitrogens with one attached hydrogen (secondary N) is 2. The number of benzene rings is 2. The Labute approximate surface area is 186 Å². The quantitative estimate of drug-likeness (QED) is 0.506. The molecule has 2 aromatic carbocycles. The largest absolute Gasteiger partial charge is 0.464 e. The minimum absolute atomic E-state index is 0.107. The molecule has 2 aromatic rings. The van der Waals surface area contributed by atoms with Gasteiger partial charge in [0.1, 0.15) is 17.0 Å². The lowest BCUT2D eigenvalue weighted by atomic mass is 9.94. The van der Waals surface area contributed by atoms with E-state index in [1.807, 2.05) is 30.3 Å². The maximum Gasteiger partial charge on any atom is 0.332 e. The molecular weight excluding hydrogens is 416 g/mol. The second-order valence-corrected chi connectivity index (χ2v) is 8.29. The summed E-state index contributed by atoms with van der Waals surface area (Å²) in [5.74, 6) is 0.602. The molecule has 1 heterocycles. The van der Waals surface area contributed by atoms with Crippen LogP contribution in [-0.4, -0.2) is 30.1 Å². The van der Waals surface area contributed by atoms with Crippen molar-refractivity contribution >= 4 is 23.5 Å². The summed E-state index contributed by atoms with van der Waals surface area (Å²) in [6.07, 6.45) is 2.70. The van der Waals surface area contributed by atoms with Crippen LogP contribution in [0.1, 0.15) is 24.5 Å². The van der Waals surface area contributed by atoms with Gasteiger partial charge in [0, 0.05) is 17.5 Å². The number of fused-ring (bicyclic) bond motifs is 1. The number of hydrogen-bond acceptors (Lipinski definition) is 5. The first-order chi connectivity index (χ1) is 14.9. The van der Waals surface area contributed by atoms with Gasteiger partial charge >= 0.3 is 5.97 Å². The molecule has 0 bridgehead atoms. The number of ether oxygens (including phenoxy) is 2. The molecule has 0 spiro atoms. The minimum Gasteiger partial charge on any atom is -0.464 e. The minimum atomic E-state index is -0.992. The Bertz CT molecular complexity index is 1020. The maximum absolute atomic E-state index is 13.0. The van der Waals surface area contributed by atoms with Gasteiger partial charge in [-0.05, 0) is 61.2 Å². The van der Waals surface area contributed by atoms with Gasteiger partial charge in [-0.2, -0.15) is 0 Å². The lowest BCUT2D eigenvalue weighted by molar-refractivity contribution is -0.149. The van der Waals surface area contributed by atoms with Crippen LogP contribution < -0.4 is 15.4 Å². The summed E-state index contributed by atoms with van der Waals surface area (Å²) in [5.41, 5.74) is 1.15. The summed E-state index contributed by atoms with van der Waals surface area (Å²) in [7, 11) is 0. The third-order valence-electron chi connectivity index (χ3n) is 5.77. The molecule has 6 nitrogen and oxygen atoms in total. The second-order valence-electron chi connectivity index (χ2n) is 7.85. The molecule has 0 radical (unpaired) electrons. The van der Waals surface area contributed by atoms with Crippen LogP contribution in [0.2, 0.25) is 5.02 Å². The van der Waals surface area contributed by atoms with Crippen molar-refractivity contribution in [3.8, 4) is 11.5 Å². The number of esters is 1. The highest BCUT2D eigenvalue weighted by atomic mass is 35.5. The fourth-order valence-electron chi connectivity index (χ4n) is 3.97. The summed E-state index contributed by atoms with van der Waals surface area (Å²) in [6.45, 7) is 6.34. The molecule has 2 N–H and O–H groups in total. The predicted octanol–water partition coefficient (Wildman–Crippen LogP) is 3.77. The van der Waals surface area contributed by atoms with Crippen molar-refractivity contribution in [2.45, 2.75) is 37.9 Å². The van der Waals surface area contributed by atoms with Crippen molar-refractivity contribution < 1.29 is 19.1 Å². The highest BCUT2D eigenvalue weighted by molar-refractivity contribution is 6.30. The van der Waals surface area contributed by atoms with E-state index < -0.39 is 17.6 Å². The fraction of sp³-hybridized carbons (Fsp3) is 0.333. The highest BCUT2D eigenvalue weighted by Crippen LogP contribution is 2.45. The molecule has 2 aliphatic rings. The Balaban J connectivity index is 1.46. The van der Waals surface area contributed by atoms with E-state index in [1.165, 1.54) is 0 Å². The van der Waals surface area contributed by atoms with E-state index in [0.29, 0.717) is 35.9 Å². The van der Waals surface area contributed by atoms with Gasteiger partial charge < -0.3 is 20.1 Å². The number of amides is 1. The van der Waals surface area contributed by atoms with E-state index in [0.717, 1.165) is 11.1 Å². The van der Waals surface area contributed by atoms with Crippen LogP contribution in [0.3, 0.4) is 0 Å². The zero-order valence-corrected chi connectivity index (χ0v) is 18.1. The smallest absolute Gasteiger partial charge is 0.332 e. The molecule has 7 heteroatoms. The molecule has 1 aliphatic heterocycles. The number of rotatable bonds is 7. The van der Waals surface area contributed by atoms with Crippen LogP contribution in [0.15, 0.2) is 55.1 Å². The first kappa shape index (κ1) is 21.4. The molecule has 1 amide bonds. The van der Waals surface area contributed by atoms with Crippen LogP contribution in [0.5, 0.6) is 11.5 Å². The molecule has 162 valence electrons. The van der Waals surface area contributed by atoms with Crippen molar-refractivity contribution in [1.29, 1.82) is 0 Å². The Hall–Kier alpha value is -2.83. The molecule has 3 atom stereocenters. The van der Waals surface area contributed by atoms with Crippen LogP contribution in [0.25, 0.3) is 0 Å². The van der Waals surface area contributed by atoms with E-state index >= 15 is 0 Å². The Morgan fingerprint density at radius 1 is 1.26 bits per heavy atom. The lowest BCUT2D eigenvalue weighted by Crippen LogP contribution is -2.54. The van der Waals surface area contributed by atoms with Gasteiger partial charge in [-0.25, -0.2) is 4.79 Å². The second kappa shape index (κ2) is 8.73.